The topological polar surface area (TPSA) is 121 Å². The fraction of sp³-hybridized carbons (Fsp3) is 0.150. The summed E-state index contributed by atoms with van der Waals surface area (Å²) in [5.74, 6) is -0.136. The molecular formula is C20H18ClN5O. The van der Waals surface area contributed by atoms with Gasteiger partial charge in [0.1, 0.15) is 0 Å². The maximum absolute atomic E-state index is 11.1. The normalized spacial score (nSPS) is 12.3. The first kappa shape index (κ1) is 17.3. The van der Waals surface area contributed by atoms with Crippen LogP contribution >= 0.6 is 11.6 Å². The van der Waals surface area contributed by atoms with Gasteiger partial charge in [0.2, 0.25) is 11.9 Å². The average molecular weight is 380 g/mol. The minimum atomic E-state index is -0.368. The summed E-state index contributed by atoms with van der Waals surface area (Å²) in [4.78, 5) is 20.1. The third-order valence-corrected chi connectivity index (χ3v) is 5.06. The van der Waals surface area contributed by atoms with E-state index in [1.54, 1.807) is 0 Å². The molecule has 1 aliphatic carbocycles. The van der Waals surface area contributed by atoms with Crippen molar-refractivity contribution in [3.05, 3.63) is 58.2 Å². The number of rotatable bonds is 3. The zero-order chi connectivity index (χ0) is 19.1. The fourth-order valence-electron chi connectivity index (χ4n) is 3.50. The molecule has 0 saturated carbocycles. The third kappa shape index (κ3) is 3.19. The summed E-state index contributed by atoms with van der Waals surface area (Å²) in [6, 6.07) is 11.3. The molecule has 0 aliphatic heterocycles. The van der Waals surface area contributed by atoms with Crippen LogP contribution < -0.4 is 17.2 Å². The molecule has 1 amide bonds. The van der Waals surface area contributed by atoms with Crippen LogP contribution in [0.1, 0.15) is 16.8 Å². The van der Waals surface area contributed by atoms with Crippen LogP contribution in [0.3, 0.4) is 0 Å². The lowest BCUT2D eigenvalue weighted by molar-refractivity contribution is -0.117. The number of aromatic nitrogens is 2. The Morgan fingerprint density at radius 1 is 1.07 bits per heavy atom. The van der Waals surface area contributed by atoms with Crippen LogP contribution in [0, 0.1) is 0 Å². The van der Waals surface area contributed by atoms with Crippen LogP contribution in [0.2, 0.25) is 5.02 Å². The van der Waals surface area contributed by atoms with E-state index in [0.717, 1.165) is 52.0 Å². The molecular weight excluding hydrogens is 362 g/mol. The van der Waals surface area contributed by atoms with E-state index >= 15 is 0 Å². The summed E-state index contributed by atoms with van der Waals surface area (Å²) in [5, 5.41) is 0.547. The Balaban J connectivity index is 1.89. The first-order valence-electron chi connectivity index (χ1n) is 8.54. The first-order valence-corrected chi connectivity index (χ1v) is 8.92. The molecule has 0 radical (unpaired) electrons. The fourth-order valence-corrected chi connectivity index (χ4v) is 3.69. The Bertz CT molecular complexity index is 1060. The van der Waals surface area contributed by atoms with Gasteiger partial charge in [-0.2, -0.15) is 0 Å². The van der Waals surface area contributed by atoms with Crippen molar-refractivity contribution in [3.63, 3.8) is 0 Å². The van der Waals surface area contributed by atoms with E-state index in [9.17, 15) is 4.79 Å². The van der Waals surface area contributed by atoms with Crippen LogP contribution in [0.5, 0.6) is 0 Å². The van der Waals surface area contributed by atoms with E-state index in [1.165, 1.54) is 0 Å². The molecule has 0 saturated heterocycles. The number of hydrogen-bond donors (Lipinski definition) is 3. The molecule has 0 unspecified atom stereocenters. The number of benzene rings is 2. The molecule has 2 aromatic carbocycles. The number of nitrogens with two attached hydrogens (primary N) is 3. The molecule has 0 bridgehead atoms. The van der Waals surface area contributed by atoms with Crippen molar-refractivity contribution in [1.29, 1.82) is 0 Å². The van der Waals surface area contributed by atoms with E-state index in [2.05, 4.69) is 9.97 Å². The predicted molar refractivity (Wildman–Crippen MR) is 107 cm³/mol. The Hall–Kier alpha value is -3.12. The van der Waals surface area contributed by atoms with E-state index in [-0.39, 0.29) is 18.3 Å². The monoisotopic (exact) mass is 379 g/mol. The van der Waals surface area contributed by atoms with Crippen LogP contribution in [-0.2, 0) is 24.1 Å². The average Bonchev–Trinajstić information content (AvgIpc) is 2.62. The van der Waals surface area contributed by atoms with Crippen molar-refractivity contribution < 1.29 is 4.79 Å². The van der Waals surface area contributed by atoms with E-state index < -0.39 is 0 Å². The highest BCUT2D eigenvalue weighted by Crippen LogP contribution is 2.41. The largest absolute Gasteiger partial charge is 0.398 e. The Morgan fingerprint density at radius 2 is 1.81 bits per heavy atom. The first-order chi connectivity index (χ1) is 12.9. The molecule has 27 heavy (non-hydrogen) atoms. The van der Waals surface area contributed by atoms with Crippen molar-refractivity contribution in [2.24, 2.45) is 5.73 Å². The second-order valence-corrected chi connectivity index (χ2v) is 7.03. The second kappa shape index (κ2) is 6.55. The number of hydrogen-bond acceptors (Lipinski definition) is 5. The highest BCUT2D eigenvalue weighted by Gasteiger charge is 2.24. The zero-order valence-corrected chi connectivity index (χ0v) is 15.3. The van der Waals surface area contributed by atoms with Crippen LogP contribution in [-0.4, -0.2) is 15.9 Å². The van der Waals surface area contributed by atoms with Gasteiger partial charge in [-0.15, -0.1) is 0 Å². The molecule has 0 fully saturated rings. The van der Waals surface area contributed by atoms with E-state index in [0.29, 0.717) is 10.7 Å². The number of anilines is 2. The molecule has 0 atom stereocenters. The summed E-state index contributed by atoms with van der Waals surface area (Å²) >= 11 is 6.20. The number of halogens is 1. The van der Waals surface area contributed by atoms with Crippen molar-refractivity contribution in [2.75, 3.05) is 11.5 Å². The Kier molecular flexibility index (Phi) is 4.20. The Morgan fingerprint density at radius 3 is 2.52 bits per heavy atom. The summed E-state index contributed by atoms with van der Waals surface area (Å²) < 4.78 is 0. The smallest absolute Gasteiger partial charge is 0.221 e. The van der Waals surface area contributed by atoms with E-state index in [4.69, 9.17) is 28.8 Å². The van der Waals surface area contributed by atoms with Gasteiger partial charge in [0.25, 0.3) is 0 Å². The lowest BCUT2D eigenvalue weighted by Gasteiger charge is -2.23. The van der Waals surface area contributed by atoms with Gasteiger partial charge < -0.3 is 17.2 Å². The second-order valence-electron chi connectivity index (χ2n) is 6.62. The molecule has 6 N–H and O–H groups in total. The van der Waals surface area contributed by atoms with Gasteiger partial charge >= 0.3 is 0 Å². The van der Waals surface area contributed by atoms with Crippen LogP contribution in [0.25, 0.3) is 22.4 Å². The number of fused-ring (bicyclic) bond motifs is 3. The predicted octanol–water partition coefficient (Wildman–Crippen LogP) is 2.75. The maximum Gasteiger partial charge on any atom is 0.221 e. The van der Waals surface area contributed by atoms with Crippen molar-refractivity contribution in [2.45, 2.75) is 19.3 Å². The number of aryl methyl sites for hydroxylation is 2. The standard InChI is InChI=1S/C20H18ClN5O/c21-14-8-12-5-6-16-18(13(12)9-15(14)22)19(26-20(24)25-16)11-3-1-10(2-4-11)7-17(23)27/h1-4,8-9H,5-7,22H2,(H2,23,27)(H2,24,25,26). The minimum Gasteiger partial charge on any atom is -0.398 e. The molecule has 3 aromatic rings. The zero-order valence-electron chi connectivity index (χ0n) is 14.5. The highest BCUT2D eigenvalue weighted by molar-refractivity contribution is 6.33. The van der Waals surface area contributed by atoms with Gasteiger partial charge in [0.15, 0.2) is 0 Å². The van der Waals surface area contributed by atoms with Crippen molar-refractivity contribution in [3.8, 4) is 22.4 Å². The molecule has 6 nitrogen and oxygen atoms in total. The number of nitrogens with zero attached hydrogens (tertiary/aromatic N) is 2. The lowest BCUT2D eigenvalue weighted by atomic mass is 9.85. The summed E-state index contributed by atoms with van der Waals surface area (Å²) in [7, 11) is 0. The van der Waals surface area contributed by atoms with E-state index in [1.807, 2.05) is 36.4 Å². The molecule has 1 aliphatic rings. The Labute approximate surface area is 161 Å². The number of nitrogen functional groups attached to an aromatic ring is 2. The van der Waals surface area contributed by atoms with Gasteiger partial charge in [-0.25, -0.2) is 9.97 Å². The number of carbonyl (C=O) groups is 1. The number of carbonyl (C=O) groups excluding carboxylic acids is 1. The number of amides is 1. The number of primary amides is 1. The molecule has 7 heteroatoms. The molecule has 0 spiro atoms. The minimum absolute atomic E-state index is 0.197. The van der Waals surface area contributed by atoms with Gasteiger partial charge in [-0.3, -0.25) is 4.79 Å². The maximum atomic E-state index is 11.1. The van der Waals surface area contributed by atoms with Crippen LogP contribution in [0.4, 0.5) is 11.6 Å². The SMILES string of the molecule is NC(=O)Cc1ccc(-c2nc(N)nc3c2-c2cc(N)c(Cl)cc2CC3)cc1. The van der Waals surface area contributed by atoms with Gasteiger partial charge in [0, 0.05) is 11.1 Å². The summed E-state index contributed by atoms with van der Waals surface area (Å²) in [6.07, 6.45) is 1.76. The van der Waals surface area contributed by atoms with Gasteiger partial charge in [-0.05, 0) is 41.7 Å². The van der Waals surface area contributed by atoms with Crippen LogP contribution in [0.15, 0.2) is 36.4 Å². The van der Waals surface area contributed by atoms with Gasteiger partial charge in [0.05, 0.1) is 28.5 Å². The molecule has 1 aromatic heterocycles. The quantitative estimate of drug-likeness (QED) is 0.604. The lowest BCUT2D eigenvalue weighted by Crippen LogP contribution is -2.13. The third-order valence-electron chi connectivity index (χ3n) is 4.73. The molecule has 1 heterocycles. The molecule has 136 valence electrons. The van der Waals surface area contributed by atoms with Crippen molar-refractivity contribution >= 4 is 29.1 Å². The van der Waals surface area contributed by atoms with Crippen molar-refractivity contribution in [1.82, 2.24) is 9.97 Å². The highest BCUT2D eigenvalue weighted by atomic mass is 35.5. The summed E-state index contributed by atoms with van der Waals surface area (Å²) in [6.45, 7) is 0. The molecule has 4 rings (SSSR count). The summed E-state index contributed by atoms with van der Waals surface area (Å²) in [5.41, 5.74) is 24.2. The van der Waals surface area contributed by atoms with Gasteiger partial charge in [-0.1, -0.05) is 35.9 Å².